The van der Waals surface area contributed by atoms with Crippen molar-refractivity contribution in [2.24, 2.45) is 0 Å². The van der Waals surface area contributed by atoms with Gasteiger partial charge in [0, 0.05) is 20.3 Å². The molecule has 2 aromatic rings. The molecule has 14 heavy (non-hydrogen) atoms. The lowest BCUT2D eigenvalue weighted by Crippen LogP contribution is -1.72. The molecule has 0 fully saturated rings. The number of benzene rings is 1. The van der Waals surface area contributed by atoms with E-state index in [1.165, 1.54) is 9.75 Å². The topological polar surface area (TPSA) is 0 Å². The van der Waals surface area contributed by atoms with Gasteiger partial charge in [0.05, 0.1) is 0 Å². The van der Waals surface area contributed by atoms with Crippen LogP contribution in [-0.4, -0.2) is 0 Å². The smallest absolute Gasteiger partial charge is 0.0492 e. The zero-order valence-electron chi connectivity index (χ0n) is 7.96. The van der Waals surface area contributed by atoms with Crippen LogP contribution in [0.25, 0.3) is 10.4 Å². The summed E-state index contributed by atoms with van der Waals surface area (Å²) in [7, 11) is 0. The number of halogens is 1. The first-order valence-corrected chi connectivity index (χ1v) is 5.84. The molecule has 0 radical (unpaired) electrons. The Morgan fingerprint density at radius 2 is 1.93 bits per heavy atom. The maximum atomic E-state index is 6.12. The maximum Gasteiger partial charge on any atom is 0.0492 e. The average molecular weight is 223 g/mol. The van der Waals surface area contributed by atoms with E-state index in [1.54, 1.807) is 0 Å². The van der Waals surface area contributed by atoms with Gasteiger partial charge in [-0.05, 0) is 24.6 Å². The number of hydrogen-bond acceptors (Lipinski definition) is 1. The third-order valence-electron chi connectivity index (χ3n) is 2.15. The first-order valence-electron chi connectivity index (χ1n) is 4.65. The molecule has 1 heterocycles. The largest absolute Gasteiger partial charge is 0.140 e. The van der Waals surface area contributed by atoms with Crippen LogP contribution >= 0.6 is 22.9 Å². The van der Waals surface area contributed by atoms with E-state index >= 15 is 0 Å². The standard InChI is InChI=1S/C12H11ClS/c1-2-9-7-8-12(14-9)10-5-3-4-6-11(10)13/h3-8H,2H2,1H3. The number of aryl methyl sites for hydroxylation is 1. The molecule has 0 unspecified atom stereocenters. The molecule has 0 amide bonds. The lowest BCUT2D eigenvalue weighted by molar-refractivity contribution is 1.19. The van der Waals surface area contributed by atoms with Crippen molar-refractivity contribution in [3.05, 3.63) is 46.3 Å². The molecular formula is C12H11ClS. The second-order valence-electron chi connectivity index (χ2n) is 3.10. The zero-order valence-corrected chi connectivity index (χ0v) is 9.53. The van der Waals surface area contributed by atoms with Gasteiger partial charge < -0.3 is 0 Å². The van der Waals surface area contributed by atoms with Crippen molar-refractivity contribution >= 4 is 22.9 Å². The quantitative estimate of drug-likeness (QED) is 0.695. The highest BCUT2D eigenvalue weighted by Crippen LogP contribution is 2.33. The van der Waals surface area contributed by atoms with Gasteiger partial charge >= 0.3 is 0 Å². The van der Waals surface area contributed by atoms with Crippen molar-refractivity contribution in [2.75, 3.05) is 0 Å². The van der Waals surface area contributed by atoms with E-state index in [0.717, 1.165) is 17.0 Å². The third kappa shape index (κ3) is 1.84. The molecule has 0 aliphatic carbocycles. The summed E-state index contributed by atoms with van der Waals surface area (Å²) >= 11 is 7.93. The minimum atomic E-state index is 0.831. The normalized spacial score (nSPS) is 10.4. The maximum absolute atomic E-state index is 6.12. The Morgan fingerprint density at radius 1 is 1.14 bits per heavy atom. The van der Waals surface area contributed by atoms with Crippen LogP contribution in [-0.2, 0) is 6.42 Å². The molecule has 0 nitrogen and oxygen atoms in total. The van der Waals surface area contributed by atoms with Gasteiger partial charge in [-0.3, -0.25) is 0 Å². The van der Waals surface area contributed by atoms with E-state index in [-0.39, 0.29) is 0 Å². The van der Waals surface area contributed by atoms with Gasteiger partial charge in [-0.15, -0.1) is 11.3 Å². The molecule has 0 saturated carbocycles. The third-order valence-corrected chi connectivity index (χ3v) is 3.74. The van der Waals surface area contributed by atoms with Crippen molar-refractivity contribution in [3.63, 3.8) is 0 Å². The Labute approximate surface area is 93.2 Å². The lowest BCUT2D eigenvalue weighted by atomic mass is 10.2. The van der Waals surface area contributed by atoms with E-state index in [4.69, 9.17) is 11.6 Å². The van der Waals surface area contributed by atoms with Crippen LogP contribution in [0.1, 0.15) is 11.8 Å². The molecule has 1 aromatic heterocycles. The highest BCUT2D eigenvalue weighted by Gasteiger charge is 2.04. The van der Waals surface area contributed by atoms with Gasteiger partial charge in [-0.25, -0.2) is 0 Å². The molecule has 0 spiro atoms. The SMILES string of the molecule is CCc1ccc(-c2ccccc2Cl)s1. The molecule has 1 aromatic carbocycles. The number of hydrogen-bond donors (Lipinski definition) is 0. The van der Waals surface area contributed by atoms with Crippen molar-refractivity contribution in [3.8, 4) is 10.4 Å². The van der Waals surface area contributed by atoms with Crippen molar-refractivity contribution in [2.45, 2.75) is 13.3 Å². The number of rotatable bonds is 2. The van der Waals surface area contributed by atoms with Gasteiger partial charge in [0.25, 0.3) is 0 Å². The highest BCUT2D eigenvalue weighted by molar-refractivity contribution is 7.15. The summed E-state index contributed by atoms with van der Waals surface area (Å²) in [4.78, 5) is 2.66. The van der Waals surface area contributed by atoms with E-state index in [9.17, 15) is 0 Å². The fourth-order valence-electron chi connectivity index (χ4n) is 1.37. The second-order valence-corrected chi connectivity index (χ2v) is 4.67. The number of thiophene rings is 1. The molecule has 2 rings (SSSR count). The van der Waals surface area contributed by atoms with Crippen LogP contribution < -0.4 is 0 Å². The van der Waals surface area contributed by atoms with Crippen LogP contribution in [0.2, 0.25) is 5.02 Å². The van der Waals surface area contributed by atoms with E-state index in [2.05, 4.69) is 25.1 Å². The van der Waals surface area contributed by atoms with Gasteiger partial charge in [0.1, 0.15) is 0 Å². The van der Waals surface area contributed by atoms with Gasteiger partial charge in [-0.2, -0.15) is 0 Å². The van der Waals surface area contributed by atoms with Gasteiger partial charge in [0.15, 0.2) is 0 Å². The van der Waals surface area contributed by atoms with Crippen LogP contribution in [0.4, 0.5) is 0 Å². The van der Waals surface area contributed by atoms with Crippen LogP contribution in [0, 0.1) is 0 Å². The Balaban J connectivity index is 2.44. The zero-order chi connectivity index (χ0) is 9.97. The Bertz CT molecular complexity index is 431. The summed E-state index contributed by atoms with van der Waals surface area (Å²) in [6, 6.07) is 12.3. The fraction of sp³-hybridized carbons (Fsp3) is 0.167. The van der Waals surface area contributed by atoms with E-state index in [1.807, 2.05) is 29.5 Å². The first-order chi connectivity index (χ1) is 6.81. The van der Waals surface area contributed by atoms with Gasteiger partial charge in [0.2, 0.25) is 0 Å². The first kappa shape index (κ1) is 9.75. The Kier molecular flexibility index (Phi) is 2.90. The molecule has 0 aliphatic rings. The summed E-state index contributed by atoms with van der Waals surface area (Å²) in [5.74, 6) is 0. The van der Waals surface area contributed by atoms with Crippen molar-refractivity contribution in [1.82, 2.24) is 0 Å². The molecule has 0 bridgehead atoms. The minimum absolute atomic E-state index is 0.831. The monoisotopic (exact) mass is 222 g/mol. The summed E-state index contributed by atoms with van der Waals surface area (Å²) in [5, 5.41) is 0.831. The predicted octanol–water partition coefficient (Wildman–Crippen LogP) is 4.63. The molecule has 0 atom stereocenters. The second kappa shape index (κ2) is 4.16. The Hall–Kier alpha value is -0.790. The molecule has 72 valence electrons. The molecule has 0 aliphatic heterocycles. The summed E-state index contributed by atoms with van der Waals surface area (Å²) in [5.41, 5.74) is 1.14. The van der Waals surface area contributed by atoms with Crippen molar-refractivity contribution in [1.29, 1.82) is 0 Å². The van der Waals surface area contributed by atoms with Crippen molar-refractivity contribution < 1.29 is 0 Å². The average Bonchev–Trinajstić information content (AvgIpc) is 2.67. The summed E-state index contributed by atoms with van der Waals surface area (Å²) in [6.45, 7) is 2.17. The van der Waals surface area contributed by atoms with E-state index < -0.39 is 0 Å². The predicted molar refractivity (Wildman–Crippen MR) is 64.1 cm³/mol. The fourth-order valence-corrected chi connectivity index (χ4v) is 2.65. The lowest BCUT2D eigenvalue weighted by Gasteiger charge is -1.99. The van der Waals surface area contributed by atoms with Crippen LogP contribution in [0.15, 0.2) is 36.4 Å². The van der Waals surface area contributed by atoms with Crippen LogP contribution in [0.5, 0.6) is 0 Å². The van der Waals surface area contributed by atoms with Crippen LogP contribution in [0.3, 0.4) is 0 Å². The highest BCUT2D eigenvalue weighted by atomic mass is 35.5. The summed E-state index contributed by atoms with van der Waals surface area (Å²) < 4.78 is 0. The molecule has 0 N–H and O–H groups in total. The van der Waals surface area contributed by atoms with Gasteiger partial charge in [-0.1, -0.05) is 36.7 Å². The molecule has 0 saturated heterocycles. The minimum Gasteiger partial charge on any atom is -0.140 e. The molecular weight excluding hydrogens is 212 g/mol. The Morgan fingerprint density at radius 3 is 2.57 bits per heavy atom. The van der Waals surface area contributed by atoms with E-state index in [0.29, 0.717) is 0 Å². The molecule has 2 heteroatoms. The summed E-state index contributed by atoms with van der Waals surface area (Å²) in [6.07, 6.45) is 1.09.